The molecule has 0 spiro atoms. The Morgan fingerprint density at radius 1 is 0.895 bits per heavy atom. The summed E-state index contributed by atoms with van der Waals surface area (Å²) in [6.45, 7) is 0. The van der Waals surface area contributed by atoms with E-state index < -0.39 is 10.1 Å². The van der Waals surface area contributed by atoms with Crippen LogP contribution < -0.4 is 0 Å². The Labute approximate surface area is 109 Å². The van der Waals surface area contributed by atoms with E-state index in [1.165, 1.54) is 42.5 Å². The fourth-order valence-corrected chi connectivity index (χ4v) is 2.01. The molecule has 0 atom stereocenters. The maximum Gasteiger partial charge on any atom is 0.296 e. The van der Waals surface area contributed by atoms with Crippen LogP contribution in [0.2, 0.25) is 0 Å². The maximum atomic E-state index is 11.1. The van der Waals surface area contributed by atoms with Crippen molar-refractivity contribution >= 4 is 21.5 Å². The summed E-state index contributed by atoms with van der Waals surface area (Å²) in [6, 6.07) is 11.6. The summed E-state index contributed by atoms with van der Waals surface area (Å²) in [7, 11) is -4.34. The van der Waals surface area contributed by atoms with Gasteiger partial charge in [0.25, 0.3) is 10.1 Å². The molecule has 2 aromatic carbocycles. The van der Waals surface area contributed by atoms with Crippen LogP contribution in [0.25, 0.3) is 0 Å². The van der Waals surface area contributed by atoms with Crippen LogP contribution in [0.3, 0.4) is 0 Å². The topological polar surface area (TPSA) is 99.3 Å². The number of phenols is 1. The highest BCUT2D eigenvalue weighted by Gasteiger charge is 2.14. The molecule has 98 valence electrons. The molecule has 0 aliphatic carbocycles. The first-order valence-corrected chi connectivity index (χ1v) is 6.68. The molecule has 0 aliphatic heterocycles. The first kappa shape index (κ1) is 13.2. The molecule has 0 bridgehead atoms. The van der Waals surface area contributed by atoms with E-state index in [-0.39, 0.29) is 16.3 Å². The van der Waals surface area contributed by atoms with Gasteiger partial charge in [0.15, 0.2) is 0 Å². The Hall–Kier alpha value is -2.25. The number of benzene rings is 2. The maximum absolute atomic E-state index is 11.1. The molecule has 0 aliphatic rings. The van der Waals surface area contributed by atoms with Gasteiger partial charge in [0, 0.05) is 0 Å². The van der Waals surface area contributed by atoms with E-state index in [4.69, 9.17) is 9.66 Å². The normalized spacial score (nSPS) is 11.8. The second-order valence-electron chi connectivity index (χ2n) is 3.66. The van der Waals surface area contributed by atoms with Crippen molar-refractivity contribution in [1.29, 1.82) is 0 Å². The van der Waals surface area contributed by atoms with Crippen molar-refractivity contribution in [1.82, 2.24) is 0 Å². The molecule has 0 saturated heterocycles. The molecule has 7 heteroatoms. The molecular formula is C12H10N2O4S. The van der Waals surface area contributed by atoms with Crippen molar-refractivity contribution in [2.75, 3.05) is 0 Å². The van der Waals surface area contributed by atoms with Crippen LogP contribution in [-0.2, 0) is 10.1 Å². The van der Waals surface area contributed by atoms with E-state index in [0.717, 1.165) is 0 Å². The van der Waals surface area contributed by atoms with E-state index in [1.807, 2.05) is 0 Å². The van der Waals surface area contributed by atoms with Crippen molar-refractivity contribution in [2.24, 2.45) is 10.2 Å². The summed E-state index contributed by atoms with van der Waals surface area (Å²) >= 11 is 0. The first-order chi connectivity index (χ1) is 8.97. The lowest BCUT2D eigenvalue weighted by molar-refractivity contribution is 0.475. The Kier molecular flexibility index (Phi) is 3.59. The molecule has 0 saturated carbocycles. The Morgan fingerprint density at radius 2 is 1.53 bits per heavy atom. The molecule has 0 radical (unpaired) electrons. The quantitative estimate of drug-likeness (QED) is 0.665. The van der Waals surface area contributed by atoms with E-state index >= 15 is 0 Å². The van der Waals surface area contributed by atoms with Gasteiger partial charge in [-0.1, -0.05) is 12.1 Å². The fraction of sp³-hybridized carbons (Fsp3) is 0. The number of hydrogen-bond donors (Lipinski definition) is 2. The van der Waals surface area contributed by atoms with Gasteiger partial charge in [0.05, 0.1) is 5.69 Å². The van der Waals surface area contributed by atoms with Gasteiger partial charge in [-0.05, 0) is 36.4 Å². The fourth-order valence-electron chi connectivity index (χ4n) is 1.39. The van der Waals surface area contributed by atoms with Gasteiger partial charge in [-0.2, -0.15) is 13.5 Å². The smallest absolute Gasteiger partial charge is 0.296 e. The summed E-state index contributed by atoms with van der Waals surface area (Å²) in [6.07, 6.45) is 0. The van der Waals surface area contributed by atoms with E-state index in [0.29, 0.717) is 5.69 Å². The second-order valence-corrected chi connectivity index (χ2v) is 5.05. The van der Waals surface area contributed by atoms with E-state index in [1.54, 1.807) is 6.07 Å². The summed E-state index contributed by atoms with van der Waals surface area (Å²) in [5, 5.41) is 16.7. The lowest BCUT2D eigenvalue weighted by atomic mass is 10.3. The molecule has 6 nitrogen and oxygen atoms in total. The number of azo groups is 1. The van der Waals surface area contributed by atoms with Gasteiger partial charge in [-0.15, -0.1) is 5.11 Å². The van der Waals surface area contributed by atoms with Crippen LogP contribution in [0.5, 0.6) is 5.75 Å². The molecule has 0 fully saturated rings. The predicted octanol–water partition coefficient (Wildman–Crippen LogP) is 3.05. The second kappa shape index (κ2) is 5.17. The number of hydrogen-bond acceptors (Lipinski definition) is 5. The van der Waals surface area contributed by atoms with Gasteiger partial charge < -0.3 is 5.11 Å². The van der Waals surface area contributed by atoms with Gasteiger partial charge >= 0.3 is 0 Å². The third-order valence-electron chi connectivity index (χ3n) is 2.27. The molecule has 2 N–H and O–H groups in total. The minimum Gasteiger partial charge on any atom is -0.508 e. The molecule has 2 rings (SSSR count). The summed E-state index contributed by atoms with van der Waals surface area (Å²) in [5.41, 5.74) is 0.487. The highest BCUT2D eigenvalue weighted by atomic mass is 32.2. The number of rotatable bonds is 3. The monoisotopic (exact) mass is 278 g/mol. The zero-order valence-corrected chi connectivity index (χ0v) is 10.4. The first-order valence-electron chi connectivity index (χ1n) is 5.24. The minimum absolute atomic E-state index is 0.0399. The molecule has 2 aromatic rings. The Morgan fingerprint density at radius 3 is 2.16 bits per heavy atom. The van der Waals surface area contributed by atoms with Crippen molar-refractivity contribution in [3.63, 3.8) is 0 Å². The summed E-state index contributed by atoms with van der Waals surface area (Å²) < 4.78 is 31.3. The average molecular weight is 278 g/mol. The van der Waals surface area contributed by atoms with Crippen LogP contribution >= 0.6 is 0 Å². The highest BCUT2D eigenvalue weighted by molar-refractivity contribution is 7.86. The molecule has 0 amide bonds. The number of nitrogens with zero attached hydrogens (tertiary/aromatic N) is 2. The SMILES string of the molecule is O=S(=O)(O)c1ccccc1/N=N/c1ccc(O)cc1. The van der Waals surface area contributed by atoms with Crippen LogP contribution in [0.1, 0.15) is 0 Å². The molecule has 19 heavy (non-hydrogen) atoms. The lowest BCUT2D eigenvalue weighted by Crippen LogP contribution is -1.97. The van der Waals surface area contributed by atoms with Crippen LogP contribution in [0.15, 0.2) is 63.7 Å². The van der Waals surface area contributed by atoms with Crippen molar-refractivity contribution < 1.29 is 18.1 Å². The van der Waals surface area contributed by atoms with Gasteiger partial charge in [-0.25, -0.2) is 0 Å². The average Bonchev–Trinajstić information content (AvgIpc) is 2.37. The minimum atomic E-state index is -4.34. The molecular weight excluding hydrogens is 268 g/mol. The van der Waals surface area contributed by atoms with Crippen molar-refractivity contribution in [3.05, 3.63) is 48.5 Å². The van der Waals surface area contributed by atoms with Gasteiger partial charge in [-0.3, -0.25) is 4.55 Å². The van der Waals surface area contributed by atoms with Gasteiger partial charge in [0.1, 0.15) is 16.3 Å². The lowest BCUT2D eigenvalue weighted by Gasteiger charge is -2.00. The number of phenolic OH excluding ortho intramolecular Hbond substituents is 1. The Balaban J connectivity index is 2.36. The highest BCUT2D eigenvalue weighted by Crippen LogP contribution is 2.26. The number of aromatic hydroxyl groups is 1. The van der Waals surface area contributed by atoms with Crippen molar-refractivity contribution in [2.45, 2.75) is 4.90 Å². The summed E-state index contributed by atoms with van der Waals surface area (Å²) in [5.74, 6) is 0.0947. The zero-order valence-electron chi connectivity index (χ0n) is 9.63. The summed E-state index contributed by atoms with van der Waals surface area (Å²) in [4.78, 5) is -0.308. The van der Waals surface area contributed by atoms with Gasteiger partial charge in [0.2, 0.25) is 0 Å². The van der Waals surface area contributed by atoms with Crippen molar-refractivity contribution in [3.8, 4) is 5.75 Å². The van der Waals surface area contributed by atoms with Crippen LogP contribution in [0, 0.1) is 0 Å². The standard InChI is InChI=1S/C12H10N2O4S/c15-10-7-5-9(6-8-10)13-14-11-3-1-2-4-12(11)19(16,17)18/h1-8,15H,(H,16,17,18)/b14-13+. The third-order valence-corrected chi connectivity index (χ3v) is 3.17. The molecule has 0 aromatic heterocycles. The Bertz CT molecular complexity index is 709. The van der Waals surface area contributed by atoms with Crippen LogP contribution in [0.4, 0.5) is 11.4 Å². The van der Waals surface area contributed by atoms with E-state index in [2.05, 4.69) is 10.2 Å². The third kappa shape index (κ3) is 3.36. The van der Waals surface area contributed by atoms with E-state index in [9.17, 15) is 8.42 Å². The predicted molar refractivity (Wildman–Crippen MR) is 68.5 cm³/mol. The van der Waals surface area contributed by atoms with Crippen LogP contribution in [-0.4, -0.2) is 18.1 Å². The zero-order chi connectivity index (χ0) is 13.9. The largest absolute Gasteiger partial charge is 0.508 e. The molecule has 0 unspecified atom stereocenters. The molecule has 0 heterocycles.